The zero-order valence-electron chi connectivity index (χ0n) is 11.5. The summed E-state index contributed by atoms with van der Waals surface area (Å²) in [7, 11) is 1.83. The topological polar surface area (TPSA) is 47.6 Å². The van der Waals surface area contributed by atoms with E-state index in [1.807, 2.05) is 14.0 Å². The number of esters is 1. The van der Waals surface area contributed by atoms with E-state index in [1.165, 1.54) is 12.8 Å². The highest BCUT2D eigenvalue weighted by Gasteiger charge is 2.51. The fraction of sp³-hybridized carbons (Fsp3) is 0.929. The summed E-state index contributed by atoms with van der Waals surface area (Å²) >= 11 is 0. The van der Waals surface area contributed by atoms with Crippen LogP contribution in [-0.4, -0.2) is 38.4 Å². The van der Waals surface area contributed by atoms with Gasteiger partial charge < -0.3 is 14.8 Å². The molecule has 1 unspecified atom stereocenters. The third-order valence-corrected chi connectivity index (χ3v) is 4.06. The van der Waals surface area contributed by atoms with Crippen LogP contribution in [0, 0.1) is 11.8 Å². The van der Waals surface area contributed by atoms with Crippen LogP contribution in [0.1, 0.15) is 39.0 Å². The largest absolute Gasteiger partial charge is 0.465 e. The Morgan fingerprint density at radius 1 is 1.33 bits per heavy atom. The predicted molar refractivity (Wildman–Crippen MR) is 69.3 cm³/mol. The monoisotopic (exact) mass is 255 g/mol. The average molecular weight is 255 g/mol. The van der Waals surface area contributed by atoms with Crippen LogP contribution in [0.4, 0.5) is 0 Å². The Balaban J connectivity index is 1.83. The van der Waals surface area contributed by atoms with Gasteiger partial charge in [0.1, 0.15) is 5.54 Å². The van der Waals surface area contributed by atoms with Crippen LogP contribution in [0.5, 0.6) is 0 Å². The highest BCUT2D eigenvalue weighted by molar-refractivity contribution is 5.82. The lowest BCUT2D eigenvalue weighted by atomic mass is 9.94. The van der Waals surface area contributed by atoms with Gasteiger partial charge in [0.05, 0.1) is 13.2 Å². The molecule has 1 N–H and O–H groups in total. The summed E-state index contributed by atoms with van der Waals surface area (Å²) in [5.74, 6) is 1.10. The fourth-order valence-electron chi connectivity index (χ4n) is 2.45. The lowest BCUT2D eigenvalue weighted by molar-refractivity contribution is -0.155. The zero-order chi connectivity index (χ0) is 13.0. The van der Waals surface area contributed by atoms with Crippen LogP contribution in [0.2, 0.25) is 0 Å². The highest BCUT2D eigenvalue weighted by Crippen LogP contribution is 2.40. The summed E-state index contributed by atoms with van der Waals surface area (Å²) in [5, 5.41) is 3.17. The molecular formula is C14H25NO3. The second-order valence-electron chi connectivity index (χ2n) is 5.50. The molecule has 0 aliphatic heterocycles. The molecule has 0 spiro atoms. The number of carbonyl (C=O) groups is 1. The quantitative estimate of drug-likeness (QED) is 0.503. The Morgan fingerprint density at radius 2 is 2.06 bits per heavy atom. The third-order valence-electron chi connectivity index (χ3n) is 4.06. The summed E-state index contributed by atoms with van der Waals surface area (Å²) in [4.78, 5) is 12.2. The van der Waals surface area contributed by atoms with Crippen molar-refractivity contribution in [1.29, 1.82) is 0 Å². The van der Waals surface area contributed by atoms with Gasteiger partial charge in [0.2, 0.25) is 0 Å². The van der Waals surface area contributed by atoms with Crippen molar-refractivity contribution in [3.8, 4) is 0 Å². The van der Waals surface area contributed by atoms with Crippen LogP contribution >= 0.6 is 0 Å². The van der Waals surface area contributed by atoms with Crippen LogP contribution in [0.25, 0.3) is 0 Å². The molecule has 0 saturated heterocycles. The van der Waals surface area contributed by atoms with Gasteiger partial charge in [0.25, 0.3) is 0 Å². The normalized spacial score (nSPS) is 22.6. The molecule has 2 fully saturated rings. The van der Waals surface area contributed by atoms with Gasteiger partial charge in [-0.05, 0) is 45.1 Å². The molecule has 2 rings (SSSR count). The second-order valence-corrected chi connectivity index (χ2v) is 5.50. The Bertz CT molecular complexity index is 287. The van der Waals surface area contributed by atoms with Crippen LogP contribution in [-0.2, 0) is 14.3 Å². The molecule has 0 bridgehead atoms. The molecule has 4 heteroatoms. The van der Waals surface area contributed by atoms with Gasteiger partial charge in [-0.25, -0.2) is 4.79 Å². The van der Waals surface area contributed by atoms with Gasteiger partial charge in [0.15, 0.2) is 0 Å². The standard InChI is InChI=1S/C14H25NO3/c1-3-18-13(16)14(15-2,12-6-7-12)10-17-9-8-11-4-5-11/h11-12,15H,3-10H2,1-2H3. The molecule has 2 saturated carbocycles. The Hall–Kier alpha value is -0.610. The number of likely N-dealkylation sites (N-methyl/N-ethyl adjacent to an activating group) is 1. The maximum atomic E-state index is 12.2. The summed E-state index contributed by atoms with van der Waals surface area (Å²) in [6.07, 6.45) is 6.01. The lowest BCUT2D eigenvalue weighted by Gasteiger charge is -2.31. The first kappa shape index (κ1) is 13.8. The van der Waals surface area contributed by atoms with Crippen molar-refractivity contribution in [2.45, 2.75) is 44.6 Å². The Morgan fingerprint density at radius 3 is 2.56 bits per heavy atom. The van der Waals surface area contributed by atoms with E-state index in [0.717, 1.165) is 31.8 Å². The minimum atomic E-state index is -0.612. The van der Waals surface area contributed by atoms with Crippen molar-refractivity contribution in [3.63, 3.8) is 0 Å². The summed E-state index contributed by atoms with van der Waals surface area (Å²) in [5.41, 5.74) is -0.612. The first-order chi connectivity index (χ1) is 8.73. The Kier molecular flexibility index (Phi) is 4.62. The van der Waals surface area contributed by atoms with E-state index in [2.05, 4.69) is 5.32 Å². The van der Waals surface area contributed by atoms with Crippen molar-refractivity contribution in [2.24, 2.45) is 11.8 Å². The molecule has 0 aromatic rings. The van der Waals surface area contributed by atoms with E-state index >= 15 is 0 Å². The molecule has 2 aliphatic carbocycles. The molecule has 0 aromatic carbocycles. The molecule has 18 heavy (non-hydrogen) atoms. The van der Waals surface area contributed by atoms with E-state index in [4.69, 9.17) is 9.47 Å². The summed E-state index contributed by atoms with van der Waals surface area (Å²) < 4.78 is 11.0. The molecule has 0 aromatic heterocycles. The summed E-state index contributed by atoms with van der Waals surface area (Å²) in [6.45, 7) is 3.48. The van der Waals surface area contributed by atoms with Crippen molar-refractivity contribution < 1.29 is 14.3 Å². The summed E-state index contributed by atoms with van der Waals surface area (Å²) in [6, 6.07) is 0. The number of hydrogen-bond acceptors (Lipinski definition) is 4. The highest BCUT2D eigenvalue weighted by atomic mass is 16.5. The number of ether oxygens (including phenoxy) is 2. The van der Waals surface area contributed by atoms with Gasteiger partial charge in [0, 0.05) is 6.61 Å². The van der Waals surface area contributed by atoms with Crippen LogP contribution < -0.4 is 5.32 Å². The molecule has 104 valence electrons. The van der Waals surface area contributed by atoms with Crippen LogP contribution in [0.3, 0.4) is 0 Å². The molecule has 0 radical (unpaired) electrons. The Labute approximate surface area is 109 Å². The SMILES string of the molecule is CCOC(=O)C(COCCC1CC1)(NC)C1CC1. The van der Waals surface area contributed by atoms with Gasteiger partial charge in [-0.15, -0.1) is 0 Å². The van der Waals surface area contributed by atoms with E-state index in [1.54, 1.807) is 0 Å². The predicted octanol–water partition coefficient (Wildman–Crippen LogP) is 1.73. The van der Waals surface area contributed by atoms with Crippen molar-refractivity contribution in [1.82, 2.24) is 5.32 Å². The molecule has 2 aliphatic rings. The smallest absolute Gasteiger partial charge is 0.329 e. The zero-order valence-corrected chi connectivity index (χ0v) is 11.5. The number of nitrogens with one attached hydrogen (secondary N) is 1. The molecule has 0 heterocycles. The third kappa shape index (κ3) is 3.23. The van der Waals surface area contributed by atoms with E-state index in [-0.39, 0.29) is 5.97 Å². The van der Waals surface area contributed by atoms with E-state index in [0.29, 0.717) is 19.1 Å². The van der Waals surface area contributed by atoms with Gasteiger partial charge in [-0.1, -0.05) is 12.8 Å². The van der Waals surface area contributed by atoms with Crippen molar-refractivity contribution >= 4 is 5.97 Å². The average Bonchev–Trinajstić information content (AvgIpc) is 3.23. The minimum absolute atomic E-state index is 0.151. The van der Waals surface area contributed by atoms with Gasteiger partial charge in [-0.2, -0.15) is 0 Å². The van der Waals surface area contributed by atoms with Crippen LogP contribution in [0.15, 0.2) is 0 Å². The molecule has 1 atom stereocenters. The van der Waals surface area contributed by atoms with E-state index in [9.17, 15) is 4.79 Å². The minimum Gasteiger partial charge on any atom is -0.465 e. The van der Waals surface area contributed by atoms with E-state index < -0.39 is 5.54 Å². The maximum Gasteiger partial charge on any atom is 0.329 e. The van der Waals surface area contributed by atoms with Gasteiger partial charge >= 0.3 is 5.97 Å². The lowest BCUT2D eigenvalue weighted by Crippen LogP contribution is -2.57. The number of rotatable bonds is 9. The first-order valence-corrected chi connectivity index (χ1v) is 7.16. The number of carbonyl (C=O) groups excluding carboxylic acids is 1. The van der Waals surface area contributed by atoms with Crippen molar-refractivity contribution in [3.05, 3.63) is 0 Å². The van der Waals surface area contributed by atoms with Crippen molar-refractivity contribution in [2.75, 3.05) is 26.9 Å². The van der Waals surface area contributed by atoms with Gasteiger partial charge in [-0.3, -0.25) is 0 Å². The second kappa shape index (κ2) is 6.02. The first-order valence-electron chi connectivity index (χ1n) is 7.16. The fourth-order valence-corrected chi connectivity index (χ4v) is 2.45. The molecule has 0 amide bonds. The number of hydrogen-bond donors (Lipinski definition) is 1. The molecule has 4 nitrogen and oxygen atoms in total. The maximum absolute atomic E-state index is 12.2. The molecular weight excluding hydrogens is 230 g/mol.